The summed E-state index contributed by atoms with van der Waals surface area (Å²) in [5.74, 6) is 0. The summed E-state index contributed by atoms with van der Waals surface area (Å²) in [4.78, 5) is 0. The van der Waals surface area contributed by atoms with E-state index in [1.165, 1.54) is 0 Å². The molecule has 0 aromatic heterocycles. The predicted octanol–water partition coefficient (Wildman–Crippen LogP) is 1.69. The summed E-state index contributed by atoms with van der Waals surface area (Å²) in [5, 5.41) is 0. The van der Waals surface area contributed by atoms with E-state index < -0.39 is 6.08 Å². The van der Waals surface area contributed by atoms with Crippen molar-refractivity contribution < 1.29 is 27.1 Å². The van der Waals surface area contributed by atoms with Crippen LogP contribution in [0.5, 0.6) is 0 Å². The Kier molecular flexibility index (Phi) is 8.93. The summed E-state index contributed by atoms with van der Waals surface area (Å²) in [5.41, 5.74) is 0. The topological polar surface area (TPSA) is 0 Å². The van der Waals surface area contributed by atoms with Crippen molar-refractivity contribution >= 4 is 12.4 Å². The van der Waals surface area contributed by atoms with Crippen LogP contribution in [0.2, 0.25) is 0 Å². The molecule has 0 radical (unpaired) electrons. The number of rotatable bonds is 0. The van der Waals surface area contributed by atoms with E-state index in [9.17, 15) is 8.78 Å². The molecule has 0 aliphatic rings. The zero-order valence-corrected chi connectivity index (χ0v) is 6.73. The van der Waals surface area contributed by atoms with Gasteiger partial charge in [-0.25, -0.2) is 0 Å². The average Bonchev–Trinajstić information content (AvgIpc) is 1.38. The van der Waals surface area contributed by atoms with Gasteiger partial charge in [-0.05, 0) is 0 Å². The summed E-state index contributed by atoms with van der Waals surface area (Å²) in [6, 6.07) is 0. The molecule has 33 valence electrons. The average molecular weight is 165 g/mol. The quantitative estimate of drug-likeness (QED) is 0.479. The van der Waals surface area contributed by atoms with Gasteiger partial charge in [0.05, 0.1) is 0 Å². The van der Waals surface area contributed by atoms with Crippen LogP contribution in [0.15, 0.2) is 10.8 Å². The number of hydrogen-bond donors (Lipinski definition) is 0. The van der Waals surface area contributed by atoms with E-state index >= 15 is 0 Å². The second-order valence-electron chi connectivity index (χ2n) is 0.494. The first-order valence-corrected chi connectivity index (χ1v) is 2.79. The Morgan fingerprint density at radius 3 is 1.67 bits per heavy atom. The third kappa shape index (κ3) is 8.82. The van der Waals surface area contributed by atoms with Gasteiger partial charge in [0.25, 0.3) is 0 Å². The van der Waals surface area contributed by atoms with Gasteiger partial charge in [-0.1, -0.05) is 0 Å². The molecule has 0 aromatic rings. The van der Waals surface area contributed by atoms with Crippen LogP contribution in [0.1, 0.15) is 0 Å². The Balaban J connectivity index is 0. The minimum absolute atomic E-state index is 0. The molecule has 4 heteroatoms. The van der Waals surface area contributed by atoms with Crippen molar-refractivity contribution in [2.45, 2.75) is 0 Å². The number of halogens is 3. The molecule has 0 nitrogen and oxygen atoms in total. The van der Waals surface area contributed by atoms with Crippen LogP contribution < -0.4 is 0 Å². The molecule has 0 rings (SSSR count). The van der Waals surface area contributed by atoms with Crippen LogP contribution in [0.4, 0.5) is 8.78 Å². The van der Waals surface area contributed by atoms with Crippen LogP contribution in [0.3, 0.4) is 0 Å². The first-order valence-electron chi connectivity index (χ1n) is 1.07. The molecule has 6 heavy (non-hydrogen) atoms. The van der Waals surface area contributed by atoms with E-state index in [-0.39, 0.29) is 12.4 Å². The fraction of sp³-hybridized carbons (Fsp3) is 0. The van der Waals surface area contributed by atoms with Crippen LogP contribution in [0.25, 0.3) is 0 Å². The second kappa shape index (κ2) is 5.51. The SMILES string of the molecule is Cl.FC(F)=[CH][Zn]. The molecule has 0 fully saturated rings. The first kappa shape index (κ1) is 9.72. The van der Waals surface area contributed by atoms with Crippen LogP contribution >= 0.6 is 12.4 Å². The van der Waals surface area contributed by atoms with Crippen LogP contribution in [0, 0.1) is 0 Å². The van der Waals surface area contributed by atoms with Gasteiger partial charge >= 0.3 is 37.8 Å². The summed E-state index contributed by atoms with van der Waals surface area (Å²) in [6.07, 6.45) is -1.56. The van der Waals surface area contributed by atoms with Crippen molar-refractivity contribution in [2.75, 3.05) is 0 Å². The predicted molar refractivity (Wildman–Crippen MR) is 17.5 cm³/mol. The maximum absolute atomic E-state index is 10.7. The van der Waals surface area contributed by atoms with Gasteiger partial charge < -0.3 is 0 Å². The van der Waals surface area contributed by atoms with E-state index in [0.717, 1.165) is 4.67 Å². The summed E-state index contributed by atoms with van der Waals surface area (Å²) < 4.78 is 22.2. The fourth-order valence-corrected chi connectivity index (χ4v) is 0. The van der Waals surface area contributed by atoms with Gasteiger partial charge in [-0.15, -0.1) is 12.4 Å². The van der Waals surface area contributed by atoms with E-state index in [1.54, 1.807) is 0 Å². The zero-order valence-electron chi connectivity index (χ0n) is 2.95. The van der Waals surface area contributed by atoms with Gasteiger partial charge in [0.1, 0.15) is 0 Å². The molecule has 0 saturated carbocycles. The Bertz CT molecular complexity index is 49.5. The monoisotopic (exact) mass is 163 g/mol. The molecule has 0 N–H and O–H groups in total. The van der Waals surface area contributed by atoms with Gasteiger partial charge in [-0.2, -0.15) is 0 Å². The molecule has 0 spiro atoms. The third-order valence-corrected chi connectivity index (χ3v) is 0.802. The van der Waals surface area contributed by atoms with Crippen molar-refractivity contribution in [3.63, 3.8) is 0 Å². The summed E-state index contributed by atoms with van der Waals surface area (Å²) in [7, 11) is 0. The normalized spacial score (nSPS) is 6.00. The molecule has 0 unspecified atom stereocenters. The molecule has 0 aromatic carbocycles. The molecule has 0 aliphatic carbocycles. The molecule has 0 saturated heterocycles. The molecule has 0 aliphatic heterocycles. The third-order valence-electron chi connectivity index (χ3n) is 0.154. The maximum atomic E-state index is 10.7. The molecule has 0 atom stereocenters. The molecular weight excluding hydrogens is 163 g/mol. The van der Waals surface area contributed by atoms with Crippen molar-refractivity contribution in [3.8, 4) is 0 Å². The minimum atomic E-state index is -1.56. The Labute approximate surface area is 50.7 Å². The van der Waals surface area contributed by atoms with E-state index in [1.807, 2.05) is 0 Å². The summed E-state index contributed by atoms with van der Waals surface area (Å²) in [6.45, 7) is 0. The van der Waals surface area contributed by atoms with Gasteiger partial charge in [0.2, 0.25) is 0 Å². The number of hydrogen-bond acceptors (Lipinski definition) is 0. The second-order valence-corrected chi connectivity index (χ2v) is 1.35. The standard InChI is InChI=1S/C2HF2.ClH.Zn/c1-2(3)4;;/h1H;1H;. The summed E-state index contributed by atoms with van der Waals surface area (Å²) >= 11 is 0.544. The Morgan fingerprint density at radius 2 is 1.67 bits per heavy atom. The fourth-order valence-electron chi connectivity index (χ4n) is 0. The van der Waals surface area contributed by atoms with Crippen molar-refractivity contribution in [3.05, 3.63) is 10.8 Å². The van der Waals surface area contributed by atoms with Crippen LogP contribution in [-0.4, -0.2) is 0 Å². The Morgan fingerprint density at radius 1 is 1.50 bits per heavy atom. The van der Waals surface area contributed by atoms with Crippen molar-refractivity contribution in [1.29, 1.82) is 0 Å². The van der Waals surface area contributed by atoms with Crippen LogP contribution in [-0.2, 0) is 18.3 Å². The molecule has 0 bridgehead atoms. The van der Waals surface area contributed by atoms with E-state index in [4.69, 9.17) is 0 Å². The van der Waals surface area contributed by atoms with Gasteiger partial charge in [-0.3, -0.25) is 0 Å². The van der Waals surface area contributed by atoms with E-state index in [2.05, 4.69) is 0 Å². The molecule has 0 amide bonds. The van der Waals surface area contributed by atoms with Gasteiger partial charge in [0, 0.05) is 0 Å². The van der Waals surface area contributed by atoms with Gasteiger partial charge in [0.15, 0.2) is 0 Å². The molecular formula is C2H2ClF2Zn. The Hall–Kier alpha value is 0.513. The van der Waals surface area contributed by atoms with Crippen molar-refractivity contribution in [1.82, 2.24) is 0 Å². The zero-order chi connectivity index (χ0) is 4.28. The first-order chi connectivity index (χ1) is 2.27. The van der Waals surface area contributed by atoms with Crippen molar-refractivity contribution in [2.24, 2.45) is 0 Å². The van der Waals surface area contributed by atoms with E-state index in [0.29, 0.717) is 18.3 Å². The molecule has 0 heterocycles.